The fourth-order valence-electron chi connectivity index (χ4n) is 1.93. The molecule has 0 aliphatic heterocycles. The molecule has 1 radical (unpaired) electrons. The maximum atomic E-state index is 11.1. The van der Waals surface area contributed by atoms with Crippen LogP contribution in [-0.4, -0.2) is 33.5 Å². The van der Waals surface area contributed by atoms with Crippen molar-refractivity contribution in [1.82, 2.24) is 0 Å². The number of rotatable bonds is 6. The molecule has 4 heteroatoms. The summed E-state index contributed by atoms with van der Waals surface area (Å²) in [6.07, 6.45) is 1.44. The number of fused-ring (bicyclic) bond motifs is 1. The minimum Gasteiger partial charge on any atom is -0.354 e. The lowest BCUT2D eigenvalue weighted by atomic mass is 10.1. The largest absolute Gasteiger partial charge is 0.354 e. The minimum atomic E-state index is -0.465. The Labute approximate surface area is 112 Å². The van der Waals surface area contributed by atoms with Gasteiger partial charge in [0, 0.05) is 19.9 Å². The number of methoxy groups -OCH3 is 2. The summed E-state index contributed by atoms with van der Waals surface area (Å²) >= 11 is 0. The number of anilines is 1. The van der Waals surface area contributed by atoms with Gasteiger partial charge in [-0.3, -0.25) is 9.69 Å². The summed E-state index contributed by atoms with van der Waals surface area (Å²) < 4.78 is 10.2. The molecule has 4 nitrogen and oxygen atoms in total. The molecule has 19 heavy (non-hydrogen) atoms. The molecule has 0 atom stereocenters. The summed E-state index contributed by atoms with van der Waals surface area (Å²) in [4.78, 5) is 12.5. The predicted octanol–water partition coefficient (Wildman–Crippen LogP) is 2.33. The fraction of sp³-hybridized carbons (Fsp3) is 0.267. The lowest BCUT2D eigenvalue weighted by Crippen LogP contribution is -2.33. The predicted molar refractivity (Wildman–Crippen MR) is 74.8 cm³/mol. The first-order chi connectivity index (χ1) is 9.28. The van der Waals surface area contributed by atoms with Gasteiger partial charge in [0.05, 0.1) is 6.54 Å². The van der Waals surface area contributed by atoms with Crippen LogP contribution >= 0.6 is 0 Å². The standard InChI is InChI=1S/C15H16NO3/c1-18-15(19-2)10-16(11-17)14-8-7-12-5-3-4-6-13(12)9-14/h3-9,15H,10H2,1-2H3. The van der Waals surface area contributed by atoms with Crippen LogP contribution in [0.1, 0.15) is 0 Å². The van der Waals surface area contributed by atoms with E-state index in [1.54, 1.807) is 0 Å². The number of nitrogens with zero attached hydrogens (tertiary/aromatic N) is 1. The van der Waals surface area contributed by atoms with E-state index in [9.17, 15) is 4.79 Å². The van der Waals surface area contributed by atoms with Crippen LogP contribution in [0.25, 0.3) is 10.8 Å². The molecule has 0 spiro atoms. The van der Waals surface area contributed by atoms with Crippen molar-refractivity contribution in [3.8, 4) is 0 Å². The van der Waals surface area contributed by atoms with Gasteiger partial charge in [-0.2, -0.15) is 0 Å². The van der Waals surface area contributed by atoms with E-state index in [1.165, 1.54) is 19.1 Å². The highest BCUT2D eigenvalue weighted by atomic mass is 16.7. The Balaban J connectivity index is 2.27. The van der Waals surface area contributed by atoms with Crippen molar-refractivity contribution in [3.05, 3.63) is 42.5 Å². The van der Waals surface area contributed by atoms with Crippen LogP contribution in [0.3, 0.4) is 0 Å². The quantitative estimate of drug-likeness (QED) is 0.589. The molecule has 2 aromatic rings. The van der Waals surface area contributed by atoms with Crippen molar-refractivity contribution in [2.45, 2.75) is 6.29 Å². The average molecular weight is 258 g/mol. The van der Waals surface area contributed by atoms with Gasteiger partial charge in [-0.1, -0.05) is 30.3 Å². The van der Waals surface area contributed by atoms with Crippen LogP contribution in [0.2, 0.25) is 0 Å². The first-order valence-corrected chi connectivity index (χ1v) is 5.98. The van der Waals surface area contributed by atoms with Gasteiger partial charge >= 0.3 is 6.41 Å². The van der Waals surface area contributed by atoms with Gasteiger partial charge in [-0.15, -0.1) is 0 Å². The molecule has 2 aromatic carbocycles. The molecule has 0 saturated carbocycles. The summed E-state index contributed by atoms with van der Waals surface area (Å²) in [5.41, 5.74) is 0.771. The van der Waals surface area contributed by atoms with Crippen LogP contribution < -0.4 is 4.90 Å². The maximum Gasteiger partial charge on any atom is 0.317 e. The number of hydrogen-bond acceptors (Lipinski definition) is 3. The second-order valence-electron chi connectivity index (χ2n) is 4.13. The fourth-order valence-corrected chi connectivity index (χ4v) is 1.93. The average Bonchev–Trinajstić information content (AvgIpc) is 2.48. The zero-order chi connectivity index (χ0) is 13.7. The maximum absolute atomic E-state index is 11.1. The molecule has 0 unspecified atom stereocenters. The summed E-state index contributed by atoms with van der Waals surface area (Å²) in [5, 5.41) is 2.21. The molecule has 0 aromatic heterocycles. The Bertz CT molecular complexity index is 552. The Morgan fingerprint density at radius 3 is 2.42 bits per heavy atom. The molecule has 99 valence electrons. The lowest BCUT2D eigenvalue weighted by molar-refractivity contribution is -0.0935. The van der Waals surface area contributed by atoms with E-state index in [0.29, 0.717) is 6.54 Å². The van der Waals surface area contributed by atoms with Crippen molar-refractivity contribution < 1.29 is 14.3 Å². The van der Waals surface area contributed by atoms with Crippen molar-refractivity contribution in [3.63, 3.8) is 0 Å². The summed E-state index contributed by atoms with van der Waals surface area (Å²) in [6.45, 7) is 0.300. The zero-order valence-electron chi connectivity index (χ0n) is 11.0. The van der Waals surface area contributed by atoms with Crippen molar-refractivity contribution >= 4 is 22.9 Å². The van der Waals surface area contributed by atoms with Crippen LogP contribution in [0.4, 0.5) is 5.69 Å². The SMILES string of the molecule is COC(CN([C]=O)c1ccc2ccccc2c1)OC. The third kappa shape index (κ3) is 3.10. The molecule has 0 heterocycles. The second kappa shape index (κ2) is 6.31. The van der Waals surface area contributed by atoms with Crippen LogP contribution in [0.15, 0.2) is 42.5 Å². The van der Waals surface area contributed by atoms with Crippen LogP contribution in [0.5, 0.6) is 0 Å². The highest BCUT2D eigenvalue weighted by Crippen LogP contribution is 2.21. The molecule has 1 amide bonds. The molecule has 0 saturated heterocycles. The van der Waals surface area contributed by atoms with Gasteiger partial charge in [0.15, 0.2) is 6.29 Å². The van der Waals surface area contributed by atoms with E-state index in [2.05, 4.69) is 0 Å². The van der Waals surface area contributed by atoms with E-state index in [4.69, 9.17) is 9.47 Å². The van der Waals surface area contributed by atoms with Crippen molar-refractivity contribution in [2.75, 3.05) is 25.7 Å². The normalized spacial score (nSPS) is 10.9. The highest BCUT2D eigenvalue weighted by molar-refractivity contribution is 5.88. The van der Waals surface area contributed by atoms with E-state index >= 15 is 0 Å². The summed E-state index contributed by atoms with van der Waals surface area (Å²) in [5.74, 6) is 0. The second-order valence-corrected chi connectivity index (χ2v) is 4.13. The Morgan fingerprint density at radius 1 is 1.11 bits per heavy atom. The summed E-state index contributed by atoms with van der Waals surface area (Å²) in [7, 11) is 3.08. The van der Waals surface area contributed by atoms with Gasteiger partial charge in [0.2, 0.25) is 0 Å². The third-order valence-electron chi connectivity index (χ3n) is 3.01. The molecule has 0 bridgehead atoms. The molecule has 2 rings (SSSR count). The Hall–Kier alpha value is -1.91. The van der Waals surface area contributed by atoms with Crippen molar-refractivity contribution in [1.29, 1.82) is 0 Å². The van der Waals surface area contributed by atoms with E-state index < -0.39 is 6.29 Å². The third-order valence-corrected chi connectivity index (χ3v) is 3.01. The highest BCUT2D eigenvalue weighted by Gasteiger charge is 2.14. The smallest absolute Gasteiger partial charge is 0.317 e. The van der Waals surface area contributed by atoms with Crippen LogP contribution in [0, 0.1) is 0 Å². The molecular weight excluding hydrogens is 242 g/mol. The van der Waals surface area contributed by atoms with E-state index in [1.807, 2.05) is 48.9 Å². The number of benzene rings is 2. The van der Waals surface area contributed by atoms with Gasteiger partial charge in [-0.25, -0.2) is 0 Å². The molecule has 0 fully saturated rings. The molecule has 0 N–H and O–H groups in total. The van der Waals surface area contributed by atoms with Gasteiger partial charge in [-0.05, 0) is 22.9 Å². The molecular formula is C15H16NO3. The van der Waals surface area contributed by atoms with Gasteiger partial charge in [0.1, 0.15) is 0 Å². The van der Waals surface area contributed by atoms with E-state index in [-0.39, 0.29) is 0 Å². The van der Waals surface area contributed by atoms with E-state index in [0.717, 1.165) is 16.5 Å². The number of ether oxygens (including phenoxy) is 2. The first kappa shape index (κ1) is 13.5. The topological polar surface area (TPSA) is 38.8 Å². The number of hydrogen-bond donors (Lipinski definition) is 0. The number of carbonyl (C=O) groups excluding carboxylic acids is 1. The first-order valence-electron chi connectivity index (χ1n) is 5.98. The zero-order valence-corrected chi connectivity index (χ0v) is 11.0. The number of amides is 1. The van der Waals surface area contributed by atoms with Crippen molar-refractivity contribution in [2.24, 2.45) is 0 Å². The van der Waals surface area contributed by atoms with Crippen LogP contribution in [-0.2, 0) is 14.3 Å². The lowest BCUT2D eigenvalue weighted by Gasteiger charge is -2.21. The Kier molecular flexibility index (Phi) is 4.49. The van der Waals surface area contributed by atoms with Gasteiger partial charge < -0.3 is 9.47 Å². The minimum absolute atomic E-state index is 0.300. The molecule has 0 aliphatic carbocycles. The monoisotopic (exact) mass is 258 g/mol. The Morgan fingerprint density at radius 2 is 1.79 bits per heavy atom. The summed E-state index contributed by atoms with van der Waals surface area (Å²) in [6, 6.07) is 13.8. The van der Waals surface area contributed by atoms with Gasteiger partial charge in [0.25, 0.3) is 0 Å². The molecule has 0 aliphatic rings.